The van der Waals surface area contributed by atoms with Crippen molar-refractivity contribution in [2.75, 3.05) is 18.8 Å². The zero-order valence-corrected chi connectivity index (χ0v) is 21.4. The summed E-state index contributed by atoms with van der Waals surface area (Å²) in [6.45, 7) is 2.40. The number of carbonyl (C=O) groups excluding carboxylic acids is 1. The van der Waals surface area contributed by atoms with Crippen LogP contribution >= 0.6 is 27.5 Å². The van der Waals surface area contributed by atoms with Crippen LogP contribution < -0.4 is 11.1 Å². The SMILES string of the molecule is CCS(=O)(=O)c1ccc(Cl)cc1CNC(=O)c1cc(Br)c(CN2CCC(N)C2)c(C(F)(F)F)c1. The average molecular weight is 583 g/mol. The number of likely N-dealkylation sites (tertiary alicyclic amines) is 1. The van der Waals surface area contributed by atoms with Gasteiger partial charge in [0.25, 0.3) is 5.91 Å². The number of nitrogens with one attached hydrogen (secondary N) is 1. The van der Waals surface area contributed by atoms with Crippen molar-refractivity contribution in [2.24, 2.45) is 5.73 Å². The first-order chi connectivity index (χ1) is 15.8. The van der Waals surface area contributed by atoms with Crippen molar-refractivity contribution in [2.45, 2.75) is 43.5 Å². The lowest BCUT2D eigenvalue weighted by atomic mass is 10.0. The number of sulfone groups is 1. The van der Waals surface area contributed by atoms with Crippen molar-refractivity contribution in [3.63, 3.8) is 0 Å². The van der Waals surface area contributed by atoms with E-state index in [0.717, 1.165) is 6.07 Å². The van der Waals surface area contributed by atoms with Crippen LogP contribution in [-0.4, -0.2) is 44.1 Å². The molecule has 0 aliphatic carbocycles. The summed E-state index contributed by atoms with van der Waals surface area (Å²) >= 11 is 9.18. The Bertz CT molecular complexity index is 1190. The molecule has 6 nitrogen and oxygen atoms in total. The Morgan fingerprint density at radius 1 is 1.29 bits per heavy atom. The molecule has 3 rings (SSSR count). The molecular formula is C22H24BrClF3N3O3S. The van der Waals surface area contributed by atoms with Gasteiger partial charge in [0.15, 0.2) is 9.84 Å². The van der Waals surface area contributed by atoms with E-state index in [1.54, 1.807) is 0 Å². The lowest BCUT2D eigenvalue weighted by Crippen LogP contribution is -2.28. The molecule has 1 heterocycles. The molecule has 3 N–H and O–H groups in total. The number of alkyl halides is 3. The number of carbonyl (C=O) groups is 1. The van der Waals surface area contributed by atoms with Gasteiger partial charge in [-0.25, -0.2) is 8.42 Å². The van der Waals surface area contributed by atoms with Crippen LogP contribution in [0.3, 0.4) is 0 Å². The summed E-state index contributed by atoms with van der Waals surface area (Å²) in [6, 6.07) is 6.25. The minimum absolute atomic E-state index is 0.0102. The van der Waals surface area contributed by atoms with Crippen LogP contribution in [0, 0.1) is 0 Å². The molecule has 1 atom stereocenters. The Kier molecular flexibility index (Phi) is 8.34. The zero-order chi connectivity index (χ0) is 25.3. The number of rotatable bonds is 7. The molecule has 0 bridgehead atoms. The maximum atomic E-state index is 13.9. The topological polar surface area (TPSA) is 92.5 Å². The van der Waals surface area contributed by atoms with Crippen molar-refractivity contribution in [3.05, 3.63) is 62.1 Å². The Balaban J connectivity index is 1.87. The first-order valence-corrected chi connectivity index (χ1v) is 13.3. The average Bonchev–Trinajstić information content (AvgIpc) is 3.17. The standard InChI is InChI=1S/C22H24BrClF3N3O3S/c1-2-34(32,33)20-4-3-15(24)7-14(20)10-29-21(31)13-8-18(22(25,26)27)17(19(23)9-13)12-30-6-5-16(28)11-30/h3-4,7-9,16H,2,5-6,10-12,28H2,1H3,(H,29,31). The molecule has 1 fully saturated rings. The van der Waals surface area contributed by atoms with E-state index in [-0.39, 0.29) is 56.0 Å². The smallest absolute Gasteiger partial charge is 0.348 e. The number of benzene rings is 2. The molecule has 2 aromatic carbocycles. The fraction of sp³-hybridized carbons (Fsp3) is 0.409. The van der Waals surface area contributed by atoms with Crippen LogP contribution in [0.25, 0.3) is 0 Å². The van der Waals surface area contributed by atoms with Crippen LogP contribution in [0.4, 0.5) is 13.2 Å². The van der Waals surface area contributed by atoms with E-state index in [1.807, 2.05) is 4.90 Å². The Morgan fingerprint density at radius 2 is 2.00 bits per heavy atom. The van der Waals surface area contributed by atoms with Crippen LogP contribution in [0.15, 0.2) is 39.7 Å². The Labute approximate surface area is 209 Å². The van der Waals surface area contributed by atoms with E-state index in [2.05, 4.69) is 21.2 Å². The van der Waals surface area contributed by atoms with Crippen molar-refractivity contribution in [1.82, 2.24) is 10.2 Å². The zero-order valence-electron chi connectivity index (χ0n) is 18.3. The largest absolute Gasteiger partial charge is 0.416 e. The molecule has 0 spiro atoms. The second-order valence-electron chi connectivity index (χ2n) is 8.10. The van der Waals surface area contributed by atoms with Gasteiger partial charge in [-0.2, -0.15) is 13.2 Å². The van der Waals surface area contributed by atoms with Gasteiger partial charge >= 0.3 is 6.18 Å². The van der Waals surface area contributed by atoms with Crippen molar-refractivity contribution in [3.8, 4) is 0 Å². The normalized spacial score (nSPS) is 17.2. The predicted molar refractivity (Wildman–Crippen MR) is 127 cm³/mol. The van der Waals surface area contributed by atoms with E-state index < -0.39 is 27.5 Å². The maximum Gasteiger partial charge on any atom is 0.416 e. The lowest BCUT2D eigenvalue weighted by molar-refractivity contribution is -0.138. The highest BCUT2D eigenvalue weighted by atomic mass is 79.9. The highest BCUT2D eigenvalue weighted by molar-refractivity contribution is 9.10. The summed E-state index contributed by atoms with van der Waals surface area (Å²) in [5.74, 6) is -0.929. The fourth-order valence-corrected chi connectivity index (χ4v) is 5.73. The summed E-state index contributed by atoms with van der Waals surface area (Å²) in [7, 11) is -3.59. The molecule has 1 unspecified atom stereocenters. The van der Waals surface area contributed by atoms with E-state index in [4.69, 9.17) is 17.3 Å². The monoisotopic (exact) mass is 581 g/mol. The van der Waals surface area contributed by atoms with Gasteiger partial charge in [-0.15, -0.1) is 0 Å². The van der Waals surface area contributed by atoms with Crippen LogP contribution in [-0.2, 0) is 29.1 Å². The predicted octanol–water partition coefficient (Wildman–Crippen LogP) is 4.38. The molecule has 1 aliphatic heterocycles. The molecule has 0 radical (unpaired) electrons. The minimum Gasteiger partial charge on any atom is -0.348 e. The van der Waals surface area contributed by atoms with Crippen molar-refractivity contribution >= 4 is 43.3 Å². The van der Waals surface area contributed by atoms with E-state index in [9.17, 15) is 26.4 Å². The third-order valence-electron chi connectivity index (χ3n) is 5.63. The molecule has 34 heavy (non-hydrogen) atoms. The van der Waals surface area contributed by atoms with E-state index >= 15 is 0 Å². The van der Waals surface area contributed by atoms with Gasteiger partial charge < -0.3 is 11.1 Å². The van der Waals surface area contributed by atoms with Crippen molar-refractivity contribution < 1.29 is 26.4 Å². The second kappa shape index (κ2) is 10.5. The summed E-state index contributed by atoms with van der Waals surface area (Å²) in [4.78, 5) is 14.6. The first kappa shape index (κ1) is 26.9. The van der Waals surface area contributed by atoms with Crippen LogP contribution in [0.2, 0.25) is 5.02 Å². The van der Waals surface area contributed by atoms with Crippen LogP contribution in [0.5, 0.6) is 0 Å². The van der Waals surface area contributed by atoms with Gasteiger partial charge in [0.1, 0.15) is 0 Å². The summed E-state index contributed by atoms with van der Waals surface area (Å²) in [5.41, 5.74) is 5.03. The number of nitrogens with zero attached hydrogens (tertiary/aromatic N) is 1. The van der Waals surface area contributed by atoms with Crippen molar-refractivity contribution in [1.29, 1.82) is 0 Å². The first-order valence-electron chi connectivity index (χ1n) is 10.5. The Morgan fingerprint density at radius 3 is 2.59 bits per heavy atom. The van der Waals surface area contributed by atoms with Gasteiger partial charge in [-0.05, 0) is 47.9 Å². The highest BCUT2D eigenvalue weighted by Gasteiger charge is 2.36. The van der Waals surface area contributed by atoms with Gasteiger partial charge in [-0.1, -0.05) is 34.5 Å². The number of hydrogen-bond donors (Lipinski definition) is 2. The number of amides is 1. The molecule has 1 amide bonds. The molecular weight excluding hydrogens is 559 g/mol. The summed E-state index contributed by atoms with van der Waals surface area (Å²) < 4.78 is 66.4. The molecule has 12 heteroatoms. The lowest BCUT2D eigenvalue weighted by Gasteiger charge is -2.21. The van der Waals surface area contributed by atoms with E-state index in [1.165, 1.54) is 31.2 Å². The summed E-state index contributed by atoms with van der Waals surface area (Å²) in [5, 5.41) is 2.78. The van der Waals surface area contributed by atoms with Gasteiger partial charge in [0, 0.05) is 47.3 Å². The van der Waals surface area contributed by atoms with Crippen LogP contribution in [0.1, 0.15) is 40.4 Å². The van der Waals surface area contributed by atoms with Gasteiger partial charge in [0.05, 0.1) is 16.2 Å². The third kappa shape index (κ3) is 6.31. The highest BCUT2D eigenvalue weighted by Crippen LogP contribution is 2.37. The quantitative estimate of drug-likeness (QED) is 0.506. The number of nitrogens with two attached hydrogens (primary N) is 1. The molecule has 186 valence electrons. The minimum atomic E-state index is -4.68. The molecule has 0 saturated carbocycles. The molecule has 0 aromatic heterocycles. The van der Waals surface area contributed by atoms with E-state index in [0.29, 0.717) is 19.5 Å². The second-order valence-corrected chi connectivity index (χ2v) is 11.6. The maximum absolute atomic E-state index is 13.9. The molecule has 1 aliphatic rings. The Hall–Kier alpha value is -1.66. The molecule has 1 saturated heterocycles. The van der Waals surface area contributed by atoms with Gasteiger partial charge in [-0.3, -0.25) is 9.69 Å². The third-order valence-corrected chi connectivity index (χ3v) is 8.40. The number of halogens is 5. The number of hydrogen-bond acceptors (Lipinski definition) is 5. The fourth-order valence-electron chi connectivity index (χ4n) is 3.83. The van der Waals surface area contributed by atoms with Gasteiger partial charge in [0.2, 0.25) is 0 Å². The summed E-state index contributed by atoms with van der Waals surface area (Å²) in [6.07, 6.45) is -3.97. The molecule has 2 aromatic rings.